The first-order chi connectivity index (χ1) is 25.8. The smallest absolute Gasteiger partial charge is 0.422 e. The lowest BCUT2D eigenvalue weighted by Crippen LogP contribution is -2.19. The van der Waals surface area contributed by atoms with E-state index in [1.165, 1.54) is 6.92 Å². The van der Waals surface area contributed by atoms with Crippen LogP contribution < -0.4 is 0 Å². The van der Waals surface area contributed by atoms with Crippen molar-refractivity contribution in [2.24, 2.45) is 11.1 Å². The zero-order valence-corrected chi connectivity index (χ0v) is 31.8. The van der Waals surface area contributed by atoms with Crippen LogP contribution in [0.25, 0.3) is 32.6 Å². The molecule has 0 amide bonds. The second-order valence-corrected chi connectivity index (χ2v) is 14.4. The number of ketones is 1. The van der Waals surface area contributed by atoms with E-state index in [1.807, 2.05) is 81.4 Å². The van der Waals surface area contributed by atoms with Crippen molar-refractivity contribution in [2.75, 3.05) is 6.61 Å². The molecule has 282 valence electrons. The molecule has 1 unspecified atom stereocenters. The van der Waals surface area contributed by atoms with Crippen LogP contribution in [0.3, 0.4) is 0 Å². The quantitative estimate of drug-likeness (QED) is 0.0522. The number of unbranched alkanes of at least 4 members (excludes halogenated alkanes) is 1. The van der Waals surface area contributed by atoms with Crippen LogP contribution in [-0.4, -0.2) is 34.8 Å². The van der Waals surface area contributed by atoms with E-state index < -0.39 is 18.8 Å². The maximum atomic E-state index is 14.7. The highest BCUT2D eigenvalue weighted by Crippen LogP contribution is 2.40. The van der Waals surface area contributed by atoms with Gasteiger partial charge in [-0.15, -0.1) is 0 Å². The van der Waals surface area contributed by atoms with Gasteiger partial charge in [-0.3, -0.25) is 4.79 Å². The fraction of sp³-hybridized carbons (Fsp3) is 0.356. The van der Waals surface area contributed by atoms with E-state index in [2.05, 4.69) is 29.6 Å². The molecule has 54 heavy (non-hydrogen) atoms. The van der Waals surface area contributed by atoms with Gasteiger partial charge in [-0.05, 0) is 74.2 Å². The summed E-state index contributed by atoms with van der Waals surface area (Å²) in [4.78, 5) is 31.8. The monoisotopic (exact) mass is 736 g/mol. The van der Waals surface area contributed by atoms with Crippen molar-refractivity contribution in [3.63, 3.8) is 0 Å². The van der Waals surface area contributed by atoms with Crippen molar-refractivity contribution in [3.05, 3.63) is 118 Å². The predicted molar refractivity (Wildman–Crippen MR) is 210 cm³/mol. The molecule has 9 heteroatoms. The number of halogens is 3. The number of oxime groups is 1. The normalized spacial score (nSPS) is 14.4. The zero-order chi connectivity index (χ0) is 38.7. The molecule has 1 aliphatic rings. The van der Waals surface area contributed by atoms with Crippen LogP contribution in [0, 0.1) is 26.7 Å². The summed E-state index contributed by atoms with van der Waals surface area (Å²) >= 11 is 0. The maximum Gasteiger partial charge on any atom is 0.422 e. The van der Waals surface area contributed by atoms with E-state index in [0.29, 0.717) is 34.6 Å². The molecule has 0 saturated heterocycles. The van der Waals surface area contributed by atoms with Crippen LogP contribution >= 0.6 is 0 Å². The van der Waals surface area contributed by atoms with Crippen LogP contribution in [0.1, 0.15) is 97.5 Å². The van der Waals surface area contributed by atoms with Crippen molar-refractivity contribution in [1.29, 1.82) is 0 Å². The third kappa shape index (κ3) is 8.00. The molecule has 0 fully saturated rings. The van der Waals surface area contributed by atoms with Gasteiger partial charge in [-0.25, -0.2) is 4.79 Å². The van der Waals surface area contributed by atoms with E-state index in [1.54, 1.807) is 6.08 Å². The number of hydrogen-bond donors (Lipinski definition) is 0. The van der Waals surface area contributed by atoms with Crippen LogP contribution in [0.5, 0.6) is 0 Å². The summed E-state index contributed by atoms with van der Waals surface area (Å²) in [6.07, 6.45) is 3.99. The number of nitrogens with zero attached hydrogens (tertiary/aromatic N) is 2. The average Bonchev–Trinajstić information content (AvgIpc) is 3.44. The number of benzene rings is 4. The summed E-state index contributed by atoms with van der Waals surface area (Å²) in [5.41, 5.74) is 7.16. The highest BCUT2D eigenvalue weighted by Gasteiger charge is 2.30. The number of carbonyl (C=O) groups is 2. The van der Waals surface area contributed by atoms with Gasteiger partial charge in [0.15, 0.2) is 12.4 Å². The lowest BCUT2D eigenvalue weighted by atomic mass is 9.89. The van der Waals surface area contributed by atoms with E-state index in [4.69, 9.17) is 9.57 Å². The van der Waals surface area contributed by atoms with Crippen LogP contribution in [0.4, 0.5) is 13.2 Å². The number of rotatable bonds is 13. The number of aryl methyl sites for hydroxylation is 3. The summed E-state index contributed by atoms with van der Waals surface area (Å²) < 4.78 is 47.6. The van der Waals surface area contributed by atoms with Gasteiger partial charge in [0.25, 0.3) is 0 Å². The summed E-state index contributed by atoms with van der Waals surface area (Å²) in [7, 11) is 0. The Morgan fingerprint density at radius 3 is 2.31 bits per heavy atom. The van der Waals surface area contributed by atoms with Gasteiger partial charge in [-0.2, -0.15) is 13.2 Å². The molecule has 0 aliphatic heterocycles. The molecule has 5 aromatic rings. The van der Waals surface area contributed by atoms with Crippen molar-refractivity contribution >= 4 is 50.0 Å². The molecule has 4 aromatic carbocycles. The summed E-state index contributed by atoms with van der Waals surface area (Å²) in [5.74, 6) is -0.200. The predicted octanol–water partition coefficient (Wildman–Crippen LogP) is 11.8. The van der Waals surface area contributed by atoms with Gasteiger partial charge in [0.1, 0.15) is 11.5 Å². The minimum absolute atomic E-state index is 0.0596. The fourth-order valence-electron chi connectivity index (χ4n) is 7.88. The molecular weight excluding hydrogens is 689 g/mol. The molecular formula is C45H47F3N2O4. The maximum absolute atomic E-state index is 14.7. The highest BCUT2D eigenvalue weighted by molar-refractivity contribution is 6.27. The van der Waals surface area contributed by atoms with Gasteiger partial charge in [-0.1, -0.05) is 98.4 Å². The van der Waals surface area contributed by atoms with E-state index in [-0.39, 0.29) is 23.7 Å². The van der Waals surface area contributed by atoms with Gasteiger partial charge < -0.3 is 14.1 Å². The van der Waals surface area contributed by atoms with E-state index >= 15 is 0 Å². The summed E-state index contributed by atoms with van der Waals surface area (Å²) in [6, 6.07) is 19.9. The Morgan fingerprint density at radius 2 is 1.65 bits per heavy atom. The standard InChI is InChI=1S/C45H47F3N2O4/c1-7-9-14-31(8-2)25-50-39-20-19-32(42(49-54-30(6)51)35-17-12-13-18-40(35)53-26-45(46,47)48)23-36(39)37-24-38(33-15-10-11-16-34(33)43(37)50)44(52)41-28(4)21-27(3)22-29(41)5/h10-12,15-17,19-24,31H,7-9,13-14,18,25-26H2,1-6H3/b49-42+. The summed E-state index contributed by atoms with van der Waals surface area (Å²) in [5, 5.41) is 7.73. The molecule has 1 heterocycles. The SMILES string of the molecule is CCCCC(CC)Cn1c2ccc(/C(=N\OC(C)=O)C3=C(OCC(F)(F)F)CCC=C3)cc2c2cc(C(=O)c3c(C)cc(C)cc3C)c3ccccc3c21. The van der Waals surface area contributed by atoms with E-state index in [9.17, 15) is 22.8 Å². The Labute approximate surface area is 314 Å². The Hall–Kier alpha value is -5.18. The lowest BCUT2D eigenvalue weighted by molar-refractivity contribution is -0.165. The molecule has 0 bridgehead atoms. The molecule has 6 nitrogen and oxygen atoms in total. The Bertz CT molecular complexity index is 2320. The molecule has 1 aliphatic carbocycles. The van der Waals surface area contributed by atoms with Crippen molar-refractivity contribution in [3.8, 4) is 0 Å². The van der Waals surface area contributed by atoms with Gasteiger partial charge in [0.2, 0.25) is 0 Å². The molecule has 0 saturated carbocycles. The van der Waals surface area contributed by atoms with Crippen molar-refractivity contribution in [1.82, 2.24) is 4.57 Å². The minimum atomic E-state index is -4.53. The van der Waals surface area contributed by atoms with Crippen molar-refractivity contribution < 1.29 is 32.3 Å². The molecule has 0 spiro atoms. The van der Waals surface area contributed by atoms with Gasteiger partial charge >= 0.3 is 12.1 Å². The molecule has 0 N–H and O–H groups in total. The van der Waals surface area contributed by atoms with Gasteiger partial charge in [0, 0.05) is 63.8 Å². The number of alkyl halides is 3. The number of ether oxygens (including phenoxy) is 1. The Morgan fingerprint density at radius 1 is 0.926 bits per heavy atom. The highest BCUT2D eigenvalue weighted by atomic mass is 19.4. The number of carbonyl (C=O) groups excluding carboxylic acids is 2. The third-order valence-corrected chi connectivity index (χ3v) is 10.3. The Kier molecular flexibility index (Phi) is 11.5. The second-order valence-electron chi connectivity index (χ2n) is 14.4. The minimum Gasteiger partial charge on any atom is -0.488 e. The van der Waals surface area contributed by atoms with E-state index in [0.717, 1.165) is 81.5 Å². The molecule has 6 rings (SSSR count). The van der Waals surface area contributed by atoms with Crippen LogP contribution in [0.15, 0.2) is 89.3 Å². The lowest BCUT2D eigenvalue weighted by Gasteiger charge is -2.20. The topological polar surface area (TPSA) is 69.9 Å². The zero-order valence-electron chi connectivity index (χ0n) is 31.8. The fourth-order valence-corrected chi connectivity index (χ4v) is 7.88. The van der Waals surface area contributed by atoms with Crippen LogP contribution in [-0.2, 0) is 20.9 Å². The Balaban J connectivity index is 1.65. The number of aromatic nitrogens is 1. The largest absolute Gasteiger partial charge is 0.488 e. The number of fused-ring (bicyclic) bond motifs is 5. The molecule has 1 aromatic heterocycles. The van der Waals surface area contributed by atoms with Gasteiger partial charge in [0.05, 0.1) is 5.52 Å². The number of hydrogen-bond acceptors (Lipinski definition) is 5. The first kappa shape index (κ1) is 38.5. The van der Waals surface area contributed by atoms with Crippen molar-refractivity contribution in [2.45, 2.75) is 92.8 Å². The number of allylic oxidation sites excluding steroid dienone is 4. The first-order valence-corrected chi connectivity index (χ1v) is 18.8. The average molecular weight is 737 g/mol. The summed E-state index contributed by atoms with van der Waals surface area (Å²) in [6.45, 7) is 10.9. The third-order valence-electron chi connectivity index (χ3n) is 10.3. The molecule has 0 radical (unpaired) electrons. The molecule has 1 atom stereocenters. The first-order valence-electron chi connectivity index (χ1n) is 18.8. The van der Waals surface area contributed by atoms with Crippen LogP contribution in [0.2, 0.25) is 0 Å². The second kappa shape index (κ2) is 16.0.